The summed E-state index contributed by atoms with van der Waals surface area (Å²) in [5.41, 5.74) is 0.478. The van der Waals surface area contributed by atoms with Crippen LogP contribution in [-0.4, -0.2) is 10.4 Å². The summed E-state index contributed by atoms with van der Waals surface area (Å²) >= 11 is 0. The lowest BCUT2D eigenvalue weighted by Gasteiger charge is -2.17. The van der Waals surface area contributed by atoms with Crippen LogP contribution in [0, 0.1) is 0 Å². The Morgan fingerprint density at radius 1 is 1.20 bits per heavy atom. The largest absolute Gasteiger partial charge is 0.347 e. The third kappa shape index (κ3) is 3.32. The zero-order chi connectivity index (χ0) is 14.6. The lowest BCUT2D eigenvalue weighted by molar-refractivity contribution is -0.0221. The van der Waals surface area contributed by atoms with Crippen molar-refractivity contribution >= 4 is 5.78 Å². The van der Waals surface area contributed by atoms with Crippen LogP contribution >= 0.6 is 0 Å². The Labute approximate surface area is 117 Å². The second kappa shape index (κ2) is 5.99. The van der Waals surface area contributed by atoms with Crippen LogP contribution in [0.15, 0.2) is 48.8 Å². The first kappa shape index (κ1) is 14.4. The van der Waals surface area contributed by atoms with Crippen molar-refractivity contribution in [1.82, 2.24) is 4.57 Å². The highest BCUT2D eigenvalue weighted by Gasteiger charge is 2.31. The first-order chi connectivity index (χ1) is 9.53. The fourth-order valence-corrected chi connectivity index (χ4v) is 2.08. The van der Waals surface area contributed by atoms with Crippen LogP contribution in [0.5, 0.6) is 0 Å². The Hall–Kier alpha value is -1.97. The summed E-state index contributed by atoms with van der Waals surface area (Å²) in [4.78, 5) is 11.7. The van der Waals surface area contributed by atoms with Gasteiger partial charge in [0.05, 0.1) is 6.54 Å². The van der Waals surface area contributed by atoms with Crippen LogP contribution in [-0.2, 0) is 12.5 Å². The monoisotopic (exact) mass is 277 g/mol. The zero-order valence-corrected chi connectivity index (χ0v) is 11.4. The van der Waals surface area contributed by atoms with Gasteiger partial charge in [0, 0.05) is 29.9 Å². The summed E-state index contributed by atoms with van der Waals surface area (Å²) < 4.78 is 29.6. The highest BCUT2D eigenvalue weighted by molar-refractivity contribution is 5.95. The fourth-order valence-electron chi connectivity index (χ4n) is 2.08. The van der Waals surface area contributed by atoms with Gasteiger partial charge in [-0.15, -0.1) is 0 Å². The highest BCUT2D eigenvalue weighted by Crippen LogP contribution is 2.29. The average Bonchev–Trinajstić information content (AvgIpc) is 2.88. The van der Waals surface area contributed by atoms with Gasteiger partial charge in [-0.1, -0.05) is 37.3 Å². The van der Waals surface area contributed by atoms with Crippen molar-refractivity contribution in [1.29, 1.82) is 0 Å². The number of Topliss-reactive ketones (excluding diaryl/α,β-unsaturated/α-hetero) is 1. The third-order valence-corrected chi connectivity index (χ3v) is 3.13. The van der Waals surface area contributed by atoms with E-state index in [2.05, 4.69) is 0 Å². The molecule has 0 fully saturated rings. The van der Waals surface area contributed by atoms with Gasteiger partial charge in [-0.2, -0.15) is 8.78 Å². The third-order valence-electron chi connectivity index (χ3n) is 3.13. The summed E-state index contributed by atoms with van der Waals surface area (Å²) in [6, 6.07) is 9.30. The van der Waals surface area contributed by atoms with E-state index in [-0.39, 0.29) is 11.3 Å². The van der Waals surface area contributed by atoms with Crippen LogP contribution in [0.25, 0.3) is 0 Å². The molecule has 0 N–H and O–H groups in total. The SMILES string of the molecule is CCCC(=O)c1ccn(CC(F)(F)c2ccccc2)c1. The number of rotatable bonds is 6. The molecule has 106 valence electrons. The quantitative estimate of drug-likeness (QED) is 0.723. The molecule has 0 saturated heterocycles. The fraction of sp³-hybridized carbons (Fsp3) is 0.312. The smallest absolute Gasteiger partial charge is 0.290 e. The van der Waals surface area contributed by atoms with E-state index < -0.39 is 12.5 Å². The molecule has 2 nitrogen and oxygen atoms in total. The second-order valence-electron chi connectivity index (χ2n) is 4.82. The van der Waals surface area contributed by atoms with Crippen molar-refractivity contribution in [3.8, 4) is 0 Å². The van der Waals surface area contributed by atoms with Crippen LogP contribution in [0.4, 0.5) is 8.78 Å². The summed E-state index contributed by atoms with van der Waals surface area (Å²) in [6.45, 7) is 1.45. The Morgan fingerprint density at radius 2 is 1.90 bits per heavy atom. The van der Waals surface area contributed by atoms with Crippen molar-refractivity contribution in [2.45, 2.75) is 32.2 Å². The first-order valence-corrected chi connectivity index (χ1v) is 6.65. The number of aromatic nitrogens is 1. The predicted octanol–water partition coefficient (Wildman–Crippen LogP) is 4.26. The molecule has 0 radical (unpaired) electrons. The Bertz CT molecular complexity index is 575. The van der Waals surface area contributed by atoms with Crippen molar-refractivity contribution in [3.63, 3.8) is 0 Å². The van der Waals surface area contributed by atoms with Crippen molar-refractivity contribution in [2.24, 2.45) is 0 Å². The molecule has 0 bridgehead atoms. The standard InChI is InChI=1S/C16H17F2NO/c1-2-6-15(20)13-9-10-19(11-13)12-16(17,18)14-7-4-3-5-8-14/h3-5,7-11H,2,6,12H2,1H3. The Balaban J connectivity index is 2.12. The number of nitrogens with zero attached hydrogens (tertiary/aromatic N) is 1. The number of hydrogen-bond donors (Lipinski definition) is 0. The summed E-state index contributed by atoms with van der Waals surface area (Å²) in [5, 5.41) is 0. The number of halogens is 2. The lowest BCUT2D eigenvalue weighted by atomic mass is 10.1. The molecule has 0 aliphatic heterocycles. The maximum Gasteiger partial charge on any atom is 0.290 e. The molecule has 1 aromatic heterocycles. The van der Waals surface area contributed by atoms with Gasteiger partial charge in [0.2, 0.25) is 0 Å². The first-order valence-electron chi connectivity index (χ1n) is 6.65. The van der Waals surface area contributed by atoms with E-state index in [4.69, 9.17) is 0 Å². The molecule has 1 heterocycles. The predicted molar refractivity (Wildman–Crippen MR) is 74.0 cm³/mol. The van der Waals surface area contributed by atoms with Gasteiger partial charge < -0.3 is 4.57 Å². The van der Waals surface area contributed by atoms with E-state index in [0.717, 1.165) is 6.42 Å². The average molecular weight is 277 g/mol. The van der Waals surface area contributed by atoms with Crippen LogP contribution in [0.1, 0.15) is 35.7 Å². The normalized spacial score (nSPS) is 11.6. The van der Waals surface area contributed by atoms with E-state index >= 15 is 0 Å². The molecule has 1 aromatic carbocycles. The molecule has 4 heteroatoms. The molecule has 0 unspecified atom stereocenters. The van der Waals surface area contributed by atoms with E-state index in [1.165, 1.54) is 29.1 Å². The van der Waals surface area contributed by atoms with E-state index in [1.807, 2.05) is 6.92 Å². The molecular formula is C16H17F2NO. The molecular weight excluding hydrogens is 260 g/mol. The van der Waals surface area contributed by atoms with E-state index in [1.54, 1.807) is 24.3 Å². The van der Waals surface area contributed by atoms with Gasteiger partial charge in [0.15, 0.2) is 5.78 Å². The number of ketones is 1. The molecule has 20 heavy (non-hydrogen) atoms. The maximum absolute atomic E-state index is 14.1. The van der Waals surface area contributed by atoms with Gasteiger partial charge >= 0.3 is 0 Å². The number of carbonyl (C=O) groups excluding carboxylic acids is 1. The van der Waals surface area contributed by atoms with Crippen molar-refractivity contribution < 1.29 is 13.6 Å². The van der Waals surface area contributed by atoms with Gasteiger partial charge in [0.25, 0.3) is 5.92 Å². The summed E-state index contributed by atoms with van der Waals surface area (Å²) in [6.07, 6.45) is 4.22. The Morgan fingerprint density at radius 3 is 2.55 bits per heavy atom. The van der Waals surface area contributed by atoms with Gasteiger partial charge in [0.1, 0.15) is 0 Å². The molecule has 0 atom stereocenters. The molecule has 0 saturated carbocycles. The molecule has 0 spiro atoms. The van der Waals surface area contributed by atoms with E-state index in [9.17, 15) is 13.6 Å². The van der Waals surface area contributed by atoms with Gasteiger partial charge in [-0.25, -0.2) is 0 Å². The minimum absolute atomic E-state index is 0.00530. The van der Waals surface area contributed by atoms with Crippen molar-refractivity contribution in [2.75, 3.05) is 0 Å². The maximum atomic E-state index is 14.1. The topological polar surface area (TPSA) is 22.0 Å². The molecule has 2 aromatic rings. The Kier molecular flexibility index (Phi) is 4.32. The number of hydrogen-bond acceptors (Lipinski definition) is 1. The van der Waals surface area contributed by atoms with Crippen LogP contribution < -0.4 is 0 Å². The molecule has 0 aliphatic carbocycles. The minimum Gasteiger partial charge on any atom is -0.347 e. The summed E-state index contributed by atoms with van der Waals surface area (Å²) in [7, 11) is 0. The highest BCUT2D eigenvalue weighted by atomic mass is 19.3. The molecule has 2 rings (SSSR count). The van der Waals surface area contributed by atoms with Gasteiger partial charge in [-0.05, 0) is 12.5 Å². The molecule has 0 amide bonds. The zero-order valence-electron chi connectivity index (χ0n) is 11.4. The minimum atomic E-state index is -2.95. The molecule has 0 aliphatic rings. The lowest BCUT2D eigenvalue weighted by Crippen LogP contribution is -2.20. The van der Waals surface area contributed by atoms with E-state index in [0.29, 0.717) is 12.0 Å². The number of alkyl halides is 2. The van der Waals surface area contributed by atoms with Crippen LogP contribution in [0.3, 0.4) is 0 Å². The number of carbonyl (C=O) groups is 1. The second-order valence-corrected chi connectivity index (χ2v) is 4.82. The van der Waals surface area contributed by atoms with Crippen molar-refractivity contribution in [3.05, 3.63) is 59.9 Å². The van der Waals surface area contributed by atoms with Crippen LogP contribution in [0.2, 0.25) is 0 Å². The van der Waals surface area contributed by atoms with Gasteiger partial charge in [-0.3, -0.25) is 4.79 Å². The number of benzene rings is 1. The summed E-state index contributed by atoms with van der Waals surface area (Å²) in [5.74, 6) is -2.96.